The summed E-state index contributed by atoms with van der Waals surface area (Å²) in [4.78, 5) is 0. The predicted octanol–water partition coefficient (Wildman–Crippen LogP) is 17.2. The molecule has 0 aliphatic heterocycles. The average molecular weight is 964 g/mol. The molecule has 3 atom stereocenters. The van der Waals surface area contributed by atoms with Gasteiger partial charge in [-0.05, 0) is 40.6 Å². The van der Waals surface area contributed by atoms with Crippen LogP contribution >= 0.6 is 48.0 Å². The van der Waals surface area contributed by atoms with Crippen LogP contribution in [-0.4, -0.2) is 4.21 Å². The van der Waals surface area contributed by atoms with E-state index in [2.05, 4.69) is 154 Å². The van der Waals surface area contributed by atoms with Crippen LogP contribution in [-0.2, 0) is 30.7 Å². The van der Waals surface area contributed by atoms with Gasteiger partial charge in [-0.15, -0.1) is 31.7 Å². The molecule has 0 spiro atoms. The summed E-state index contributed by atoms with van der Waals surface area (Å²) in [6.45, 7) is 29.3. The first-order valence-corrected chi connectivity index (χ1v) is 23.8. The van der Waals surface area contributed by atoms with E-state index in [0.717, 1.165) is 16.5 Å². The summed E-state index contributed by atoms with van der Waals surface area (Å²) in [7, 11) is 0. The normalized spacial score (nSPS) is 22.9. The van der Waals surface area contributed by atoms with Gasteiger partial charge in [-0.2, -0.15) is 107 Å². The van der Waals surface area contributed by atoms with Crippen molar-refractivity contribution in [3.63, 3.8) is 0 Å². The van der Waals surface area contributed by atoms with E-state index in [1.165, 1.54) is 73.0 Å². The molecule has 0 bridgehead atoms. The van der Waals surface area contributed by atoms with Gasteiger partial charge in [-0.3, -0.25) is 6.08 Å². The van der Waals surface area contributed by atoms with Gasteiger partial charge in [0.1, 0.15) is 0 Å². The van der Waals surface area contributed by atoms with Crippen LogP contribution in [0.4, 0.5) is 0 Å². The van der Waals surface area contributed by atoms with E-state index in [1.807, 2.05) is 36.4 Å². The van der Waals surface area contributed by atoms with Crippen LogP contribution in [0, 0.1) is 63.0 Å². The Morgan fingerprint density at radius 3 is 1.92 bits per heavy atom. The molecule has 3 aromatic rings. The third-order valence-electron chi connectivity index (χ3n) is 14.7. The molecule has 0 nitrogen and oxygen atoms in total. The number of fused-ring (bicyclic) bond motifs is 6. The van der Waals surface area contributed by atoms with Gasteiger partial charge in [-0.1, -0.05) is 182 Å². The van der Waals surface area contributed by atoms with E-state index >= 15 is 0 Å². The number of hydrogen-bond donors (Lipinski definition) is 0. The molecule has 0 heterocycles. The molecule has 0 saturated heterocycles. The zero-order valence-electron chi connectivity index (χ0n) is 38.4. The van der Waals surface area contributed by atoms with Gasteiger partial charge in [0.2, 0.25) is 0 Å². The van der Waals surface area contributed by atoms with Crippen LogP contribution in [0.3, 0.4) is 0 Å². The molecule has 5 heteroatoms. The molecule has 60 heavy (non-hydrogen) atoms. The van der Waals surface area contributed by atoms with Crippen LogP contribution in [0.1, 0.15) is 126 Å². The van der Waals surface area contributed by atoms with Crippen molar-refractivity contribution in [1.82, 2.24) is 0 Å². The SMILES string of the molecule is CCCCC1[C-]=CC(C(C)(C)C)=C1.C[C-]1C2=C3Cc4ccccc4C3=C3C=CCCC3C2(C)C(C)(C)C(C)(C)C1(C)C.Cl.Cl.Clc1c[c-]ccc1.Clc1c[c-]ccc1.[CH2]=[Zr]. The van der Waals surface area contributed by atoms with Crippen LogP contribution < -0.4 is 0 Å². The van der Waals surface area contributed by atoms with E-state index in [0.29, 0.717) is 17.3 Å². The van der Waals surface area contributed by atoms with Crippen molar-refractivity contribution in [3.8, 4) is 0 Å². The molecule has 1 fully saturated rings. The van der Waals surface area contributed by atoms with Crippen LogP contribution in [0.15, 0.2) is 119 Å². The average Bonchev–Trinajstić information content (AvgIpc) is 3.84. The van der Waals surface area contributed by atoms with E-state index < -0.39 is 0 Å². The van der Waals surface area contributed by atoms with Gasteiger partial charge in [0.05, 0.1) is 0 Å². The number of hydrogen-bond acceptors (Lipinski definition) is 0. The minimum absolute atomic E-state index is 0. The van der Waals surface area contributed by atoms with E-state index in [1.54, 1.807) is 40.3 Å². The number of halogens is 4. The maximum absolute atomic E-state index is 5.51. The molecular weight excluding hydrogens is 894 g/mol. The summed E-state index contributed by atoms with van der Waals surface area (Å²) in [6, 6.07) is 29.2. The molecule has 0 N–H and O–H groups in total. The minimum atomic E-state index is 0. The first-order chi connectivity index (χ1) is 27.3. The van der Waals surface area contributed by atoms with Crippen molar-refractivity contribution in [3.05, 3.63) is 165 Å². The fraction of sp³-hybridized carbons (Fsp3) is 0.455. The van der Waals surface area contributed by atoms with E-state index in [-0.39, 0.29) is 46.5 Å². The van der Waals surface area contributed by atoms with Crippen LogP contribution in [0.2, 0.25) is 10.0 Å². The maximum atomic E-state index is 5.51. The van der Waals surface area contributed by atoms with Crippen molar-refractivity contribution in [2.75, 3.05) is 0 Å². The quantitative estimate of drug-likeness (QED) is 0.230. The Kier molecular flexibility index (Phi) is 20.5. The van der Waals surface area contributed by atoms with E-state index in [4.69, 9.17) is 23.2 Å². The Morgan fingerprint density at radius 2 is 1.43 bits per heavy atom. The van der Waals surface area contributed by atoms with E-state index in [9.17, 15) is 0 Å². The molecule has 8 rings (SSSR count). The molecule has 0 aromatic heterocycles. The van der Waals surface area contributed by atoms with Crippen molar-refractivity contribution in [2.45, 2.75) is 122 Å². The monoisotopic (exact) mass is 960 g/mol. The second kappa shape index (κ2) is 22.7. The van der Waals surface area contributed by atoms with Gasteiger partial charge < -0.3 is 0 Å². The number of rotatable bonds is 3. The Morgan fingerprint density at radius 1 is 0.850 bits per heavy atom. The molecule has 3 aromatic carbocycles. The Labute approximate surface area is 404 Å². The van der Waals surface area contributed by atoms with Gasteiger partial charge in [-0.25, -0.2) is 12.0 Å². The van der Waals surface area contributed by atoms with Gasteiger partial charge in [0.25, 0.3) is 0 Å². The van der Waals surface area contributed by atoms with Gasteiger partial charge >= 0.3 is 28.4 Å². The van der Waals surface area contributed by atoms with Crippen molar-refractivity contribution in [1.29, 1.82) is 0 Å². The van der Waals surface area contributed by atoms with Crippen LogP contribution in [0.5, 0.6) is 0 Å². The number of benzene rings is 3. The summed E-state index contributed by atoms with van der Waals surface area (Å²) in [5, 5.41) is 1.48. The molecule has 0 radical (unpaired) electrons. The van der Waals surface area contributed by atoms with Crippen LogP contribution in [0.25, 0.3) is 5.57 Å². The molecule has 0 amide bonds. The zero-order chi connectivity index (χ0) is 43.1. The topological polar surface area (TPSA) is 0 Å². The number of unbranched alkanes of at least 4 members (excludes halogenated alkanes) is 1. The molecular formula is C55H70Cl4Zr-4. The number of allylic oxidation sites excluding steroid dienone is 10. The molecule has 5 aliphatic carbocycles. The fourth-order valence-corrected chi connectivity index (χ4v) is 10.1. The molecule has 326 valence electrons. The Hall–Kier alpha value is -1.86. The third-order valence-corrected chi connectivity index (χ3v) is 15.2. The summed E-state index contributed by atoms with van der Waals surface area (Å²) in [5.74, 6) is 2.83. The summed E-state index contributed by atoms with van der Waals surface area (Å²) >= 11 is 12.3. The summed E-state index contributed by atoms with van der Waals surface area (Å²) in [5.41, 5.74) is 12.1. The Balaban J connectivity index is 0.000000330. The second-order valence-corrected chi connectivity index (χ2v) is 20.0. The predicted molar refractivity (Wildman–Crippen MR) is 265 cm³/mol. The van der Waals surface area contributed by atoms with Crippen molar-refractivity contribution < 1.29 is 24.2 Å². The first-order valence-electron chi connectivity index (χ1n) is 21.3. The van der Waals surface area contributed by atoms with Crippen molar-refractivity contribution in [2.24, 2.45) is 38.9 Å². The second-order valence-electron chi connectivity index (χ2n) is 19.1. The first kappa shape index (κ1) is 54.3. The zero-order valence-corrected chi connectivity index (χ0v) is 44.0. The molecule has 1 saturated carbocycles. The third kappa shape index (κ3) is 11.1. The molecule has 3 unspecified atom stereocenters. The van der Waals surface area contributed by atoms with Gasteiger partial charge in [0.15, 0.2) is 0 Å². The molecule has 5 aliphatic rings. The summed E-state index contributed by atoms with van der Waals surface area (Å²) < 4.78 is 3.34. The van der Waals surface area contributed by atoms with Gasteiger partial charge in [0, 0.05) is 0 Å². The van der Waals surface area contributed by atoms with Crippen molar-refractivity contribution >= 4 is 57.8 Å². The standard InChI is InChI=1S/C29H37.C13H21.2C6H4Cl.CH2.2ClH.Zr/c1-18-25-22-17-19-13-9-10-14-20(19)24(22)21-15-11-12-16-23(21)29(25,8)28(6,7)27(4,5)26(18,2)3;1-5-6-7-11-8-9-12(10-11)13(2,3)4;2*7-6-4-2-1-3-5-6;;;;/h9-11,13-15,23H,12,16-17H2,1-8H3;9-11H,5-7H2,1-4H3;2*1-2,4-5H;1H2;2*1H;/q4*-1;;;;. The Bertz CT molecular complexity index is 1950. The fourth-order valence-electron chi connectivity index (χ4n) is 9.88. The summed E-state index contributed by atoms with van der Waals surface area (Å²) in [6.07, 6.45) is 20.4.